The minimum atomic E-state index is -0.804. The highest BCUT2D eigenvalue weighted by Gasteiger charge is 2.34. The number of carbonyl (C=O) groups excluding carboxylic acids is 3. The van der Waals surface area contributed by atoms with Crippen molar-refractivity contribution >= 4 is 35.5 Å². The minimum absolute atomic E-state index is 0.0326. The van der Waals surface area contributed by atoms with Crippen molar-refractivity contribution in [2.45, 2.75) is 0 Å². The van der Waals surface area contributed by atoms with Crippen LogP contribution < -0.4 is 10.1 Å². The number of benzene rings is 1. The van der Waals surface area contributed by atoms with Gasteiger partial charge in [0.1, 0.15) is 11.3 Å². The Kier molecular flexibility index (Phi) is 5.46. The van der Waals surface area contributed by atoms with Gasteiger partial charge in [-0.1, -0.05) is 18.2 Å². The fourth-order valence-electron chi connectivity index (χ4n) is 2.30. The number of amides is 4. The summed E-state index contributed by atoms with van der Waals surface area (Å²) in [4.78, 5) is 44.0. The van der Waals surface area contributed by atoms with Crippen molar-refractivity contribution < 1.29 is 23.5 Å². The van der Waals surface area contributed by atoms with E-state index in [4.69, 9.17) is 16.3 Å². The molecular formula is C18H12ClFN4O4. The lowest BCUT2D eigenvalue weighted by atomic mass is 10.1. The zero-order chi connectivity index (χ0) is 20.3. The zero-order valence-corrected chi connectivity index (χ0v) is 14.9. The average Bonchev–Trinajstić information content (AvgIpc) is 2.66. The van der Waals surface area contributed by atoms with Crippen LogP contribution in [0.4, 0.5) is 9.18 Å². The number of imide groups is 2. The Balaban J connectivity index is 1.82. The first kappa shape index (κ1) is 19.2. The van der Waals surface area contributed by atoms with Crippen molar-refractivity contribution in [3.05, 3.63) is 65.4 Å². The van der Waals surface area contributed by atoms with E-state index in [0.717, 1.165) is 11.1 Å². The maximum Gasteiger partial charge on any atom is 0.331 e. The summed E-state index contributed by atoms with van der Waals surface area (Å²) in [6.45, 7) is 3.44. The van der Waals surface area contributed by atoms with Crippen LogP contribution in [0.25, 0.3) is 6.08 Å². The molecule has 142 valence electrons. The quantitative estimate of drug-likeness (QED) is 0.357. The van der Waals surface area contributed by atoms with E-state index in [-0.39, 0.29) is 29.0 Å². The van der Waals surface area contributed by atoms with Crippen LogP contribution in [-0.2, 0) is 9.59 Å². The van der Waals surface area contributed by atoms with Gasteiger partial charge in [0.2, 0.25) is 11.1 Å². The molecule has 1 aromatic carbocycles. The van der Waals surface area contributed by atoms with Crippen LogP contribution in [0.3, 0.4) is 0 Å². The normalized spacial score (nSPS) is 15.6. The van der Waals surface area contributed by atoms with E-state index >= 15 is 0 Å². The summed E-state index contributed by atoms with van der Waals surface area (Å²) in [6, 6.07) is 5.25. The minimum Gasteiger partial charge on any atom is -0.436 e. The third-order valence-electron chi connectivity index (χ3n) is 3.59. The highest BCUT2D eigenvalue weighted by molar-refractivity contribution is 6.31. The van der Waals surface area contributed by atoms with E-state index in [1.54, 1.807) is 0 Å². The Hall–Kier alpha value is -3.59. The fraction of sp³-hybridized carbons (Fsp3) is 0.0556. The first-order chi connectivity index (χ1) is 13.4. The molecule has 1 saturated heterocycles. The van der Waals surface area contributed by atoms with Crippen molar-refractivity contribution in [1.29, 1.82) is 0 Å². The molecule has 8 nitrogen and oxygen atoms in total. The smallest absolute Gasteiger partial charge is 0.331 e. The maximum absolute atomic E-state index is 13.6. The number of halogens is 2. The van der Waals surface area contributed by atoms with Gasteiger partial charge in [-0.3, -0.25) is 19.8 Å². The maximum atomic E-state index is 13.6. The lowest BCUT2D eigenvalue weighted by molar-refractivity contribution is -0.129. The second-order valence-corrected chi connectivity index (χ2v) is 5.82. The third-order valence-corrected chi connectivity index (χ3v) is 3.77. The third kappa shape index (κ3) is 4.04. The molecule has 0 saturated carbocycles. The first-order valence-corrected chi connectivity index (χ1v) is 8.22. The average molecular weight is 403 g/mol. The molecule has 3 rings (SSSR count). The van der Waals surface area contributed by atoms with Crippen molar-refractivity contribution in [3.63, 3.8) is 0 Å². The summed E-state index contributed by atoms with van der Waals surface area (Å²) >= 11 is 5.61. The predicted molar refractivity (Wildman–Crippen MR) is 96.9 cm³/mol. The van der Waals surface area contributed by atoms with Gasteiger partial charge in [0.05, 0.1) is 6.20 Å². The number of hydrogen-bond acceptors (Lipinski definition) is 6. The second kappa shape index (κ2) is 7.97. The van der Waals surface area contributed by atoms with Crippen LogP contribution >= 0.6 is 11.6 Å². The number of hydrogen-bond donors (Lipinski definition) is 1. The van der Waals surface area contributed by atoms with Gasteiger partial charge in [-0.25, -0.2) is 9.78 Å². The molecule has 1 aromatic heterocycles. The van der Waals surface area contributed by atoms with Crippen molar-refractivity contribution in [2.24, 2.45) is 0 Å². The SMILES string of the molecule is C=CCN1C(=O)NC(=O)C(=Cc2ccc(Oc3nc(Cl)ncc3F)cc2)C1=O. The molecule has 10 heteroatoms. The Morgan fingerprint density at radius 1 is 1.25 bits per heavy atom. The Bertz CT molecular complexity index is 1010. The van der Waals surface area contributed by atoms with E-state index in [1.165, 1.54) is 36.4 Å². The standard InChI is InChI=1S/C18H12ClFN4O4/c1-2-7-24-16(26)12(14(25)22-18(24)27)8-10-3-5-11(6-4-10)28-15-13(20)9-21-17(19)23-15/h2-6,8-9H,1,7H2,(H,22,25,27). The van der Waals surface area contributed by atoms with Crippen molar-refractivity contribution in [1.82, 2.24) is 20.2 Å². The van der Waals surface area contributed by atoms with Crippen molar-refractivity contribution in [2.75, 3.05) is 6.54 Å². The molecule has 1 N–H and O–H groups in total. The molecule has 0 radical (unpaired) electrons. The van der Waals surface area contributed by atoms with Crippen LogP contribution in [0.5, 0.6) is 11.6 Å². The molecule has 2 aromatic rings. The molecule has 1 fully saturated rings. The van der Waals surface area contributed by atoms with Gasteiger partial charge in [0.15, 0.2) is 0 Å². The molecule has 28 heavy (non-hydrogen) atoms. The molecule has 0 aliphatic carbocycles. The summed E-state index contributed by atoms with van der Waals surface area (Å²) in [6.07, 6.45) is 3.58. The molecule has 2 heterocycles. The van der Waals surface area contributed by atoms with Gasteiger partial charge < -0.3 is 4.74 Å². The number of nitrogens with zero attached hydrogens (tertiary/aromatic N) is 3. The van der Waals surface area contributed by atoms with E-state index in [0.29, 0.717) is 5.56 Å². The largest absolute Gasteiger partial charge is 0.436 e. The van der Waals surface area contributed by atoms with Gasteiger partial charge in [-0.2, -0.15) is 9.37 Å². The van der Waals surface area contributed by atoms with Gasteiger partial charge in [-0.05, 0) is 35.4 Å². The molecule has 0 bridgehead atoms. The van der Waals surface area contributed by atoms with E-state index < -0.39 is 23.7 Å². The van der Waals surface area contributed by atoms with Crippen LogP contribution in [-0.4, -0.2) is 39.3 Å². The fourth-order valence-corrected chi connectivity index (χ4v) is 2.43. The molecule has 0 atom stereocenters. The van der Waals surface area contributed by atoms with Crippen LogP contribution in [0.15, 0.2) is 48.7 Å². The second-order valence-electron chi connectivity index (χ2n) is 5.48. The number of barbiturate groups is 1. The van der Waals surface area contributed by atoms with E-state index in [9.17, 15) is 18.8 Å². The predicted octanol–water partition coefficient (Wildman–Crippen LogP) is 2.71. The molecule has 1 aliphatic heterocycles. The lowest BCUT2D eigenvalue weighted by Crippen LogP contribution is -2.54. The number of nitrogens with one attached hydrogen (secondary N) is 1. The molecular weight excluding hydrogens is 391 g/mol. The van der Waals surface area contributed by atoms with Gasteiger partial charge in [0.25, 0.3) is 17.7 Å². The van der Waals surface area contributed by atoms with Crippen LogP contribution in [0.2, 0.25) is 5.28 Å². The number of aromatic nitrogens is 2. The van der Waals surface area contributed by atoms with Gasteiger partial charge in [-0.15, -0.1) is 6.58 Å². The van der Waals surface area contributed by atoms with Crippen molar-refractivity contribution in [3.8, 4) is 11.6 Å². The summed E-state index contributed by atoms with van der Waals surface area (Å²) in [5.41, 5.74) is 0.281. The van der Waals surface area contributed by atoms with Gasteiger partial charge >= 0.3 is 6.03 Å². The molecule has 0 unspecified atom stereocenters. The summed E-state index contributed by atoms with van der Waals surface area (Å²) in [7, 11) is 0. The Morgan fingerprint density at radius 2 is 1.96 bits per heavy atom. The summed E-state index contributed by atoms with van der Waals surface area (Å²) in [5.74, 6) is -2.41. The zero-order valence-electron chi connectivity index (χ0n) is 14.2. The Labute approximate surface area is 163 Å². The van der Waals surface area contributed by atoms with Crippen LogP contribution in [0, 0.1) is 5.82 Å². The highest BCUT2D eigenvalue weighted by atomic mass is 35.5. The number of rotatable bonds is 5. The van der Waals surface area contributed by atoms with E-state index in [1.807, 2.05) is 0 Å². The highest BCUT2D eigenvalue weighted by Crippen LogP contribution is 2.24. The number of carbonyl (C=O) groups is 3. The molecule has 0 spiro atoms. The number of ether oxygens (including phenoxy) is 1. The summed E-state index contributed by atoms with van der Waals surface area (Å²) in [5, 5.41) is 1.92. The monoisotopic (exact) mass is 402 g/mol. The van der Waals surface area contributed by atoms with Gasteiger partial charge in [0, 0.05) is 6.54 Å². The first-order valence-electron chi connectivity index (χ1n) is 7.84. The lowest BCUT2D eigenvalue weighted by Gasteiger charge is -2.25. The van der Waals surface area contributed by atoms with E-state index in [2.05, 4.69) is 21.9 Å². The van der Waals surface area contributed by atoms with Crippen LogP contribution in [0.1, 0.15) is 5.56 Å². The summed E-state index contributed by atoms with van der Waals surface area (Å²) < 4.78 is 18.9. The Morgan fingerprint density at radius 3 is 2.64 bits per heavy atom. The topological polar surface area (TPSA) is 101 Å². The molecule has 4 amide bonds. The number of urea groups is 1. The molecule has 1 aliphatic rings.